The molecule has 0 bridgehead atoms. The molecule has 4 heteroatoms. The van der Waals surface area contributed by atoms with Crippen molar-refractivity contribution in [2.75, 3.05) is 25.0 Å². The lowest BCUT2D eigenvalue weighted by Crippen LogP contribution is -2.35. The molecule has 1 amide bonds. The van der Waals surface area contributed by atoms with Crippen LogP contribution in [0.5, 0.6) is 0 Å². The number of anilines is 1. The zero-order chi connectivity index (χ0) is 14.3. The first kappa shape index (κ1) is 15.2. The van der Waals surface area contributed by atoms with Gasteiger partial charge in [-0.05, 0) is 32.5 Å². The van der Waals surface area contributed by atoms with Crippen molar-refractivity contribution in [1.82, 2.24) is 4.90 Å². The maximum absolute atomic E-state index is 11.9. The predicted molar refractivity (Wildman–Crippen MR) is 76.7 cm³/mol. The quantitative estimate of drug-likeness (QED) is 0.853. The first-order valence-corrected chi connectivity index (χ1v) is 6.53. The van der Waals surface area contributed by atoms with E-state index in [4.69, 9.17) is 5.26 Å². The molecule has 0 aliphatic carbocycles. The summed E-state index contributed by atoms with van der Waals surface area (Å²) in [6, 6.07) is 9.89. The molecular formula is C15H21N3O. The third-order valence-corrected chi connectivity index (χ3v) is 2.90. The average molecular weight is 259 g/mol. The van der Waals surface area contributed by atoms with Gasteiger partial charge in [0.25, 0.3) is 0 Å². The summed E-state index contributed by atoms with van der Waals surface area (Å²) in [7, 11) is 0. The lowest BCUT2D eigenvalue weighted by atomic mass is 10.2. The Bertz CT molecular complexity index is 447. The third-order valence-electron chi connectivity index (χ3n) is 2.90. The number of hydrogen-bond donors (Lipinski definition) is 1. The highest BCUT2D eigenvalue weighted by molar-refractivity contribution is 5.92. The predicted octanol–water partition coefficient (Wildman–Crippen LogP) is 2.42. The van der Waals surface area contributed by atoms with E-state index in [0.29, 0.717) is 13.1 Å². The van der Waals surface area contributed by atoms with Crippen LogP contribution in [0.25, 0.3) is 0 Å². The fourth-order valence-corrected chi connectivity index (χ4v) is 1.77. The fourth-order valence-electron chi connectivity index (χ4n) is 1.77. The molecule has 102 valence electrons. The summed E-state index contributed by atoms with van der Waals surface area (Å²) in [4.78, 5) is 13.9. The molecule has 4 nitrogen and oxygen atoms in total. The lowest BCUT2D eigenvalue weighted by molar-refractivity contribution is -0.117. The lowest BCUT2D eigenvalue weighted by Gasteiger charge is -2.20. The van der Waals surface area contributed by atoms with Gasteiger partial charge in [-0.2, -0.15) is 5.26 Å². The highest BCUT2D eigenvalue weighted by Crippen LogP contribution is 2.08. The second kappa shape index (κ2) is 7.55. The number of aryl methyl sites for hydroxylation is 1. The van der Waals surface area contributed by atoms with Gasteiger partial charge in [-0.15, -0.1) is 0 Å². The first-order valence-electron chi connectivity index (χ1n) is 6.53. The van der Waals surface area contributed by atoms with Crippen molar-refractivity contribution >= 4 is 11.6 Å². The van der Waals surface area contributed by atoms with Crippen LogP contribution in [0.4, 0.5) is 5.69 Å². The molecule has 0 aromatic heterocycles. The van der Waals surface area contributed by atoms with Crippen LogP contribution >= 0.6 is 0 Å². The summed E-state index contributed by atoms with van der Waals surface area (Å²) < 4.78 is 0. The summed E-state index contributed by atoms with van der Waals surface area (Å²) >= 11 is 0. The number of nitrogens with zero attached hydrogens (tertiary/aromatic N) is 2. The Morgan fingerprint density at radius 3 is 2.58 bits per heavy atom. The zero-order valence-corrected chi connectivity index (χ0v) is 11.8. The van der Waals surface area contributed by atoms with Crippen molar-refractivity contribution < 1.29 is 4.79 Å². The fraction of sp³-hybridized carbons (Fsp3) is 0.467. The van der Waals surface area contributed by atoms with Gasteiger partial charge >= 0.3 is 0 Å². The molecule has 0 aliphatic heterocycles. The van der Waals surface area contributed by atoms with Gasteiger partial charge in [-0.25, -0.2) is 0 Å². The molecule has 1 N–H and O–H groups in total. The van der Waals surface area contributed by atoms with Gasteiger partial charge in [0.1, 0.15) is 0 Å². The minimum Gasteiger partial charge on any atom is -0.325 e. The first-order chi connectivity index (χ1) is 9.05. The van der Waals surface area contributed by atoms with Crippen molar-refractivity contribution in [2.45, 2.75) is 20.8 Å². The van der Waals surface area contributed by atoms with Crippen molar-refractivity contribution in [3.63, 3.8) is 0 Å². The summed E-state index contributed by atoms with van der Waals surface area (Å²) in [5.74, 6) is -0.108. The largest absolute Gasteiger partial charge is 0.325 e. The normalized spacial score (nSPS) is 11.9. The van der Waals surface area contributed by atoms with Gasteiger partial charge in [0.15, 0.2) is 0 Å². The molecule has 0 heterocycles. The number of likely N-dealkylation sites (N-methyl/N-ethyl adjacent to an activating group) is 1. The molecule has 0 fully saturated rings. The van der Waals surface area contributed by atoms with Gasteiger partial charge in [0.2, 0.25) is 5.91 Å². The monoisotopic (exact) mass is 259 g/mol. The maximum Gasteiger partial charge on any atom is 0.238 e. The summed E-state index contributed by atoms with van der Waals surface area (Å²) in [6.45, 7) is 7.55. The standard InChI is InChI=1S/C15H21N3O/c1-4-18(10-13(3)9-16)11-15(19)17-14-7-5-12(2)6-8-14/h5-8,13H,4,10-11H2,1-3H3,(H,17,19). The molecule has 0 spiro atoms. The van der Waals surface area contributed by atoms with Crippen molar-refractivity contribution in [3.05, 3.63) is 29.8 Å². The maximum atomic E-state index is 11.9. The number of nitriles is 1. The Morgan fingerprint density at radius 2 is 2.05 bits per heavy atom. The van der Waals surface area contributed by atoms with E-state index in [9.17, 15) is 4.79 Å². The molecule has 1 aromatic carbocycles. The molecule has 0 radical (unpaired) electrons. The van der Waals surface area contributed by atoms with Crippen molar-refractivity contribution in [3.8, 4) is 6.07 Å². The van der Waals surface area contributed by atoms with E-state index in [1.54, 1.807) is 0 Å². The second-order valence-electron chi connectivity index (χ2n) is 4.77. The van der Waals surface area contributed by atoms with Gasteiger partial charge < -0.3 is 5.32 Å². The Labute approximate surface area is 115 Å². The Hall–Kier alpha value is -1.86. The van der Waals surface area contributed by atoms with Gasteiger partial charge in [0, 0.05) is 12.2 Å². The van der Waals surface area contributed by atoms with Gasteiger partial charge in [-0.3, -0.25) is 9.69 Å². The SMILES string of the molecule is CCN(CC(=O)Nc1ccc(C)cc1)CC(C)C#N. The Kier molecular flexibility index (Phi) is 6.04. The van der Waals surface area contributed by atoms with Gasteiger partial charge in [-0.1, -0.05) is 24.6 Å². The number of benzene rings is 1. The summed E-state index contributed by atoms with van der Waals surface area (Å²) in [5, 5.41) is 11.7. The number of nitrogens with one attached hydrogen (secondary N) is 1. The van der Waals surface area contributed by atoms with Crippen molar-refractivity contribution in [1.29, 1.82) is 5.26 Å². The van der Waals surface area contributed by atoms with E-state index in [-0.39, 0.29) is 11.8 Å². The van der Waals surface area contributed by atoms with Crippen molar-refractivity contribution in [2.24, 2.45) is 5.92 Å². The Morgan fingerprint density at radius 1 is 1.42 bits per heavy atom. The molecule has 1 unspecified atom stereocenters. The van der Waals surface area contributed by atoms with E-state index in [0.717, 1.165) is 17.8 Å². The second-order valence-corrected chi connectivity index (χ2v) is 4.77. The topological polar surface area (TPSA) is 56.1 Å². The van der Waals surface area contributed by atoms with Crippen LogP contribution in [0, 0.1) is 24.2 Å². The molecular weight excluding hydrogens is 238 g/mol. The van der Waals surface area contributed by atoms with Crippen LogP contribution < -0.4 is 5.32 Å². The smallest absolute Gasteiger partial charge is 0.238 e. The number of amides is 1. The highest BCUT2D eigenvalue weighted by atomic mass is 16.2. The molecule has 1 atom stereocenters. The van der Waals surface area contributed by atoms with E-state index < -0.39 is 0 Å². The van der Waals surface area contributed by atoms with Crippen LogP contribution in [-0.2, 0) is 4.79 Å². The highest BCUT2D eigenvalue weighted by Gasteiger charge is 2.12. The number of carbonyl (C=O) groups excluding carboxylic acids is 1. The van der Waals surface area contributed by atoms with E-state index >= 15 is 0 Å². The summed E-state index contributed by atoms with van der Waals surface area (Å²) in [5.41, 5.74) is 1.97. The molecule has 0 saturated heterocycles. The van der Waals surface area contributed by atoms with Crippen LogP contribution in [0.15, 0.2) is 24.3 Å². The van der Waals surface area contributed by atoms with E-state index in [2.05, 4.69) is 11.4 Å². The van der Waals surface area contributed by atoms with E-state index in [1.807, 2.05) is 49.9 Å². The Balaban J connectivity index is 2.49. The third kappa shape index (κ3) is 5.54. The van der Waals surface area contributed by atoms with Crippen LogP contribution in [-0.4, -0.2) is 30.4 Å². The molecule has 1 rings (SSSR count). The van der Waals surface area contributed by atoms with Crippen LogP contribution in [0.1, 0.15) is 19.4 Å². The zero-order valence-electron chi connectivity index (χ0n) is 11.8. The van der Waals surface area contributed by atoms with Crippen LogP contribution in [0.3, 0.4) is 0 Å². The molecule has 19 heavy (non-hydrogen) atoms. The number of rotatable bonds is 6. The number of hydrogen-bond acceptors (Lipinski definition) is 3. The van der Waals surface area contributed by atoms with E-state index in [1.165, 1.54) is 0 Å². The number of carbonyl (C=O) groups is 1. The summed E-state index contributed by atoms with van der Waals surface area (Å²) in [6.07, 6.45) is 0. The van der Waals surface area contributed by atoms with Gasteiger partial charge in [0.05, 0.1) is 18.5 Å². The minimum absolute atomic E-state index is 0.0455. The molecule has 0 aliphatic rings. The minimum atomic E-state index is -0.0628. The van der Waals surface area contributed by atoms with Crippen LogP contribution in [0.2, 0.25) is 0 Å². The molecule has 1 aromatic rings. The average Bonchev–Trinajstić information content (AvgIpc) is 2.40. The molecule has 0 saturated carbocycles.